The van der Waals surface area contributed by atoms with Crippen molar-refractivity contribution in [1.82, 2.24) is 4.90 Å². The highest BCUT2D eigenvalue weighted by Crippen LogP contribution is 2.34. The molecule has 1 aromatic carbocycles. The number of hydrogen-bond acceptors (Lipinski definition) is 2. The Bertz CT molecular complexity index is 458. The Balaban J connectivity index is 2.33. The number of rotatable bonds is 1. The molecule has 2 rings (SSSR count). The number of piperazine rings is 1. The maximum absolute atomic E-state index is 13.8. The first-order chi connectivity index (χ1) is 8.79. The predicted molar refractivity (Wildman–Crippen MR) is 65.7 cm³/mol. The van der Waals surface area contributed by atoms with Gasteiger partial charge < -0.3 is 9.80 Å². The highest BCUT2D eigenvalue weighted by Gasteiger charge is 2.32. The fourth-order valence-electron chi connectivity index (χ4n) is 2.41. The van der Waals surface area contributed by atoms with Crippen molar-refractivity contribution in [2.24, 2.45) is 0 Å². The number of benzene rings is 1. The third kappa shape index (κ3) is 3.00. The number of alkyl halides is 3. The van der Waals surface area contributed by atoms with Gasteiger partial charge in [-0.3, -0.25) is 0 Å². The molecule has 1 unspecified atom stereocenters. The molecule has 0 amide bonds. The first-order valence-electron chi connectivity index (χ1n) is 6.11. The smallest absolute Gasteiger partial charge is 0.364 e. The van der Waals surface area contributed by atoms with Gasteiger partial charge >= 0.3 is 6.18 Å². The topological polar surface area (TPSA) is 6.48 Å². The van der Waals surface area contributed by atoms with E-state index in [1.54, 1.807) is 4.90 Å². The van der Waals surface area contributed by atoms with Crippen molar-refractivity contribution in [2.75, 3.05) is 31.6 Å². The second kappa shape index (κ2) is 5.00. The Morgan fingerprint density at radius 2 is 1.89 bits per heavy atom. The predicted octanol–water partition coefficient (Wildman–Crippen LogP) is 2.98. The summed E-state index contributed by atoms with van der Waals surface area (Å²) >= 11 is 0. The highest BCUT2D eigenvalue weighted by atomic mass is 19.4. The minimum absolute atomic E-state index is 0.0169. The van der Waals surface area contributed by atoms with Crippen molar-refractivity contribution in [3.05, 3.63) is 29.6 Å². The molecule has 0 N–H and O–H groups in total. The molecule has 6 heteroatoms. The maximum Gasteiger partial charge on any atom is 0.416 e. The van der Waals surface area contributed by atoms with Crippen LogP contribution in [-0.4, -0.2) is 37.6 Å². The number of likely N-dealkylation sites (N-methyl/N-ethyl adjacent to an activating group) is 1. The van der Waals surface area contributed by atoms with Gasteiger partial charge in [0.15, 0.2) is 0 Å². The average Bonchev–Trinajstić information content (AvgIpc) is 2.29. The molecule has 19 heavy (non-hydrogen) atoms. The van der Waals surface area contributed by atoms with E-state index in [-0.39, 0.29) is 11.7 Å². The van der Waals surface area contributed by atoms with Crippen LogP contribution in [0.2, 0.25) is 0 Å². The second-order valence-corrected chi connectivity index (χ2v) is 4.97. The summed E-state index contributed by atoms with van der Waals surface area (Å²) in [5, 5.41) is 0. The molecule has 1 saturated heterocycles. The summed E-state index contributed by atoms with van der Waals surface area (Å²) in [6.07, 6.45) is -4.45. The van der Waals surface area contributed by atoms with Crippen LogP contribution in [0.4, 0.5) is 23.2 Å². The number of halogens is 4. The van der Waals surface area contributed by atoms with Gasteiger partial charge in [-0.1, -0.05) is 0 Å². The standard InChI is InChI=1S/C13H16F4N2/c1-9-8-18(2)5-6-19(9)12-7-10(13(15,16)17)3-4-11(12)14/h3-4,7,9H,5-6,8H2,1-2H3. The molecule has 1 aliphatic heterocycles. The minimum Gasteiger partial charge on any atom is -0.364 e. The van der Waals surface area contributed by atoms with Gasteiger partial charge in [-0.25, -0.2) is 4.39 Å². The summed E-state index contributed by atoms with van der Waals surface area (Å²) in [7, 11) is 1.94. The molecule has 0 spiro atoms. The average molecular weight is 276 g/mol. The monoisotopic (exact) mass is 276 g/mol. The first-order valence-corrected chi connectivity index (χ1v) is 6.11. The van der Waals surface area contributed by atoms with Gasteiger partial charge in [-0.2, -0.15) is 13.2 Å². The van der Waals surface area contributed by atoms with E-state index < -0.39 is 17.6 Å². The van der Waals surface area contributed by atoms with Crippen molar-refractivity contribution in [1.29, 1.82) is 0 Å². The van der Waals surface area contributed by atoms with E-state index >= 15 is 0 Å². The van der Waals surface area contributed by atoms with Crippen LogP contribution in [0.15, 0.2) is 18.2 Å². The summed E-state index contributed by atoms with van der Waals surface area (Å²) in [6.45, 7) is 3.82. The lowest BCUT2D eigenvalue weighted by Gasteiger charge is -2.40. The molecule has 0 aromatic heterocycles. The Morgan fingerprint density at radius 1 is 1.21 bits per heavy atom. The van der Waals surface area contributed by atoms with E-state index in [4.69, 9.17) is 0 Å². The third-order valence-electron chi connectivity index (χ3n) is 3.41. The zero-order chi connectivity index (χ0) is 14.2. The van der Waals surface area contributed by atoms with Crippen LogP contribution in [-0.2, 0) is 6.18 Å². The van der Waals surface area contributed by atoms with Gasteiger partial charge in [0.05, 0.1) is 11.3 Å². The molecule has 0 saturated carbocycles. The highest BCUT2D eigenvalue weighted by molar-refractivity contribution is 5.52. The Hall–Kier alpha value is -1.30. The van der Waals surface area contributed by atoms with Gasteiger partial charge in [0.25, 0.3) is 0 Å². The zero-order valence-corrected chi connectivity index (χ0v) is 10.8. The van der Waals surface area contributed by atoms with Crippen LogP contribution in [0.1, 0.15) is 12.5 Å². The van der Waals surface area contributed by atoms with E-state index in [0.29, 0.717) is 19.6 Å². The molecule has 1 atom stereocenters. The maximum atomic E-state index is 13.8. The third-order valence-corrected chi connectivity index (χ3v) is 3.41. The molecule has 2 nitrogen and oxygen atoms in total. The number of hydrogen-bond donors (Lipinski definition) is 0. The molecule has 0 aliphatic carbocycles. The molecule has 1 aliphatic rings. The van der Waals surface area contributed by atoms with E-state index in [2.05, 4.69) is 4.90 Å². The van der Waals surface area contributed by atoms with Crippen molar-refractivity contribution in [3.8, 4) is 0 Å². The van der Waals surface area contributed by atoms with E-state index in [1.807, 2.05) is 14.0 Å². The fourth-order valence-corrected chi connectivity index (χ4v) is 2.41. The molecule has 1 aromatic rings. The van der Waals surface area contributed by atoms with E-state index in [1.165, 1.54) is 0 Å². The number of nitrogens with zero attached hydrogens (tertiary/aromatic N) is 2. The summed E-state index contributed by atoms with van der Waals surface area (Å²) in [6, 6.07) is 2.55. The molecule has 106 valence electrons. The van der Waals surface area contributed by atoms with Crippen LogP contribution in [0.3, 0.4) is 0 Å². The molecule has 1 heterocycles. The minimum atomic E-state index is -4.45. The Kier molecular flexibility index (Phi) is 3.71. The summed E-state index contributed by atoms with van der Waals surface area (Å²) in [5.41, 5.74) is -0.773. The quantitative estimate of drug-likeness (QED) is 0.728. The lowest BCUT2D eigenvalue weighted by Crippen LogP contribution is -2.50. The lowest BCUT2D eigenvalue weighted by atomic mass is 10.1. The van der Waals surface area contributed by atoms with Gasteiger partial charge in [0, 0.05) is 25.7 Å². The lowest BCUT2D eigenvalue weighted by molar-refractivity contribution is -0.137. The van der Waals surface area contributed by atoms with Gasteiger partial charge in [-0.15, -0.1) is 0 Å². The van der Waals surface area contributed by atoms with Crippen molar-refractivity contribution >= 4 is 5.69 Å². The van der Waals surface area contributed by atoms with E-state index in [9.17, 15) is 17.6 Å². The van der Waals surface area contributed by atoms with Crippen molar-refractivity contribution in [3.63, 3.8) is 0 Å². The molecule has 0 bridgehead atoms. The van der Waals surface area contributed by atoms with Gasteiger partial charge in [-0.05, 0) is 32.2 Å². The number of anilines is 1. The van der Waals surface area contributed by atoms with Crippen LogP contribution >= 0.6 is 0 Å². The Labute approximate surface area is 109 Å². The van der Waals surface area contributed by atoms with Crippen LogP contribution in [0.25, 0.3) is 0 Å². The summed E-state index contributed by atoms with van der Waals surface area (Å²) in [4.78, 5) is 3.78. The van der Waals surface area contributed by atoms with Crippen molar-refractivity contribution < 1.29 is 17.6 Å². The van der Waals surface area contributed by atoms with Crippen LogP contribution in [0.5, 0.6) is 0 Å². The molecular formula is C13H16F4N2. The van der Waals surface area contributed by atoms with Gasteiger partial charge in [0.1, 0.15) is 5.82 Å². The van der Waals surface area contributed by atoms with Gasteiger partial charge in [0.2, 0.25) is 0 Å². The largest absolute Gasteiger partial charge is 0.416 e. The zero-order valence-electron chi connectivity index (χ0n) is 10.8. The Morgan fingerprint density at radius 3 is 2.47 bits per heavy atom. The summed E-state index contributed by atoms with van der Waals surface area (Å²) < 4.78 is 51.8. The van der Waals surface area contributed by atoms with Crippen LogP contribution in [0, 0.1) is 5.82 Å². The molecule has 1 fully saturated rings. The molecule has 0 radical (unpaired) electrons. The second-order valence-electron chi connectivity index (χ2n) is 4.97. The summed E-state index contributed by atoms with van der Waals surface area (Å²) in [5.74, 6) is -0.607. The fraction of sp³-hybridized carbons (Fsp3) is 0.538. The SMILES string of the molecule is CC1CN(C)CCN1c1cc(C(F)(F)F)ccc1F. The first kappa shape index (κ1) is 14.1. The molecular weight excluding hydrogens is 260 g/mol. The normalized spacial score (nSPS) is 21.8. The van der Waals surface area contributed by atoms with E-state index in [0.717, 1.165) is 18.2 Å². The van der Waals surface area contributed by atoms with Crippen molar-refractivity contribution in [2.45, 2.75) is 19.1 Å². The van der Waals surface area contributed by atoms with Crippen LogP contribution < -0.4 is 4.90 Å².